The van der Waals surface area contributed by atoms with Crippen molar-refractivity contribution in [1.82, 2.24) is 4.98 Å². The average molecular weight is 329 g/mol. The quantitative estimate of drug-likeness (QED) is 0.472. The number of hydrogen-bond acceptors (Lipinski definition) is 2. The summed E-state index contributed by atoms with van der Waals surface area (Å²) in [7, 11) is 0. The Kier molecular flexibility index (Phi) is 3.65. The molecule has 2 nitrogen and oxygen atoms in total. The third-order valence-corrected chi connectivity index (χ3v) is 4.75. The van der Waals surface area contributed by atoms with Crippen molar-refractivity contribution in [3.8, 4) is 17.2 Å². The molecule has 0 bridgehead atoms. The van der Waals surface area contributed by atoms with Crippen LogP contribution in [0.25, 0.3) is 23.3 Å². The number of nitrogens with zero attached hydrogens (tertiary/aromatic N) is 2. The molecule has 0 unspecified atom stereocenters. The molecule has 1 aliphatic rings. The van der Waals surface area contributed by atoms with Crippen LogP contribution in [-0.4, -0.2) is 4.98 Å². The molecule has 0 atom stereocenters. The molecule has 2 aromatic carbocycles. The smallest absolute Gasteiger partial charge is 0.0998 e. The van der Waals surface area contributed by atoms with E-state index >= 15 is 0 Å². The van der Waals surface area contributed by atoms with Gasteiger partial charge >= 0.3 is 0 Å². The Morgan fingerprint density at radius 2 is 1.83 bits per heavy atom. The van der Waals surface area contributed by atoms with Crippen LogP contribution < -0.4 is 0 Å². The fourth-order valence-corrected chi connectivity index (χ4v) is 3.41. The molecular formula is C21H13ClN2. The van der Waals surface area contributed by atoms with Crippen LogP contribution >= 0.6 is 11.6 Å². The monoisotopic (exact) mass is 328 g/mol. The number of hydrogen-bond donors (Lipinski definition) is 0. The van der Waals surface area contributed by atoms with E-state index in [1.54, 1.807) is 0 Å². The maximum Gasteiger partial charge on any atom is 0.0998 e. The fourth-order valence-electron chi connectivity index (χ4n) is 3.09. The van der Waals surface area contributed by atoms with Gasteiger partial charge in [0, 0.05) is 23.7 Å². The maximum absolute atomic E-state index is 9.32. The number of nitriles is 1. The van der Waals surface area contributed by atoms with Gasteiger partial charge in [0.05, 0.1) is 22.3 Å². The summed E-state index contributed by atoms with van der Waals surface area (Å²) in [5.41, 5.74) is 6.58. The maximum atomic E-state index is 9.32. The van der Waals surface area contributed by atoms with Gasteiger partial charge in [-0.3, -0.25) is 4.98 Å². The van der Waals surface area contributed by atoms with E-state index in [0.717, 1.165) is 38.5 Å². The lowest BCUT2D eigenvalue weighted by molar-refractivity contribution is 1.13. The van der Waals surface area contributed by atoms with Gasteiger partial charge in [0.1, 0.15) is 0 Å². The molecule has 3 heteroatoms. The molecule has 1 aliphatic carbocycles. The summed E-state index contributed by atoms with van der Waals surface area (Å²) in [5, 5.41) is 10.1. The van der Waals surface area contributed by atoms with E-state index in [9.17, 15) is 5.26 Å². The molecule has 1 aromatic heterocycles. The zero-order chi connectivity index (χ0) is 16.5. The van der Waals surface area contributed by atoms with Gasteiger partial charge in [0.2, 0.25) is 0 Å². The lowest BCUT2D eigenvalue weighted by Crippen LogP contribution is -1.98. The first-order valence-corrected chi connectivity index (χ1v) is 8.08. The highest BCUT2D eigenvalue weighted by molar-refractivity contribution is 6.34. The van der Waals surface area contributed by atoms with Gasteiger partial charge in [-0.05, 0) is 28.8 Å². The topological polar surface area (TPSA) is 36.7 Å². The summed E-state index contributed by atoms with van der Waals surface area (Å²) in [6.07, 6.45) is 6.40. The van der Waals surface area contributed by atoms with E-state index in [1.165, 1.54) is 0 Å². The highest BCUT2D eigenvalue weighted by Crippen LogP contribution is 2.36. The van der Waals surface area contributed by atoms with E-state index in [0.29, 0.717) is 12.0 Å². The minimum Gasteiger partial charge on any atom is -0.256 e. The summed E-state index contributed by atoms with van der Waals surface area (Å²) >= 11 is 6.74. The summed E-state index contributed by atoms with van der Waals surface area (Å²) in [6.45, 7) is 0. The molecule has 0 aliphatic heterocycles. The Balaban J connectivity index is 1.89. The number of pyridine rings is 1. The zero-order valence-electron chi connectivity index (χ0n) is 12.8. The van der Waals surface area contributed by atoms with E-state index in [-0.39, 0.29) is 0 Å². The first kappa shape index (κ1) is 14.7. The Morgan fingerprint density at radius 3 is 2.62 bits per heavy atom. The molecule has 4 rings (SSSR count). The van der Waals surface area contributed by atoms with Crippen LogP contribution in [0.4, 0.5) is 0 Å². The van der Waals surface area contributed by atoms with Crippen molar-refractivity contribution in [3.05, 3.63) is 87.7 Å². The van der Waals surface area contributed by atoms with E-state index in [2.05, 4.69) is 11.1 Å². The number of halogens is 1. The molecule has 0 spiro atoms. The molecular weight excluding hydrogens is 316 g/mol. The van der Waals surface area contributed by atoms with Crippen molar-refractivity contribution in [3.63, 3.8) is 0 Å². The minimum absolute atomic E-state index is 0.666. The standard InChI is InChI=1S/C21H13ClN2/c22-21-18-11-15-7-4-8-16(12-23)17(15)9-10-20(18)24-13-19(21)14-5-2-1-3-6-14/h1-10,13H,11H2. The number of rotatable bonds is 1. The highest BCUT2D eigenvalue weighted by Gasteiger charge is 2.18. The molecule has 0 amide bonds. The van der Waals surface area contributed by atoms with Crippen LogP contribution in [0.2, 0.25) is 5.02 Å². The zero-order valence-corrected chi connectivity index (χ0v) is 13.6. The minimum atomic E-state index is 0.666. The first-order chi connectivity index (χ1) is 11.8. The summed E-state index contributed by atoms with van der Waals surface area (Å²) in [6, 6.07) is 18.1. The van der Waals surface area contributed by atoms with E-state index < -0.39 is 0 Å². The van der Waals surface area contributed by atoms with Gasteiger partial charge in [-0.25, -0.2) is 0 Å². The van der Waals surface area contributed by atoms with Gasteiger partial charge in [-0.15, -0.1) is 0 Å². The van der Waals surface area contributed by atoms with Gasteiger partial charge in [0.15, 0.2) is 0 Å². The molecule has 0 N–H and O–H groups in total. The highest BCUT2D eigenvalue weighted by atomic mass is 35.5. The van der Waals surface area contributed by atoms with E-state index in [1.807, 2.05) is 66.9 Å². The Bertz CT molecular complexity index is 998. The molecule has 0 radical (unpaired) electrons. The molecule has 114 valence electrons. The second-order valence-electron chi connectivity index (χ2n) is 5.72. The number of aromatic nitrogens is 1. The Morgan fingerprint density at radius 1 is 1.00 bits per heavy atom. The van der Waals surface area contributed by atoms with Crippen LogP contribution in [0.3, 0.4) is 0 Å². The van der Waals surface area contributed by atoms with Crippen molar-refractivity contribution >= 4 is 23.8 Å². The molecule has 0 saturated carbocycles. The van der Waals surface area contributed by atoms with Crippen LogP contribution in [0.1, 0.15) is 27.9 Å². The van der Waals surface area contributed by atoms with Gasteiger partial charge in [-0.2, -0.15) is 5.26 Å². The predicted octanol–water partition coefficient (Wildman–Crippen LogP) is 5.35. The lowest BCUT2D eigenvalue weighted by atomic mass is 9.96. The average Bonchev–Trinajstić information content (AvgIpc) is 2.82. The van der Waals surface area contributed by atoms with Gasteiger partial charge in [0.25, 0.3) is 0 Å². The number of fused-ring (bicyclic) bond motifs is 2. The van der Waals surface area contributed by atoms with Gasteiger partial charge in [-0.1, -0.05) is 60.1 Å². The van der Waals surface area contributed by atoms with Gasteiger partial charge < -0.3 is 0 Å². The van der Waals surface area contributed by atoms with Crippen LogP contribution in [0.5, 0.6) is 0 Å². The first-order valence-electron chi connectivity index (χ1n) is 7.71. The van der Waals surface area contributed by atoms with Crippen molar-refractivity contribution in [2.45, 2.75) is 6.42 Å². The summed E-state index contributed by atoms with van der Waals surface area (Å²) in [5.74, 6) is 0. The largest absolute Gasteiger partial charge is 0.256 e. The molecule has 3 aromatic rings. The third kappa shape index (κ3) is 2.40. The fraction of sp³-hybridized carbons (Fsp3) is 0.0476. The molecule has 24 heavy (non-hydrogen) atoms. The van der Waals surface area contributed by atoms with Crippen molar-refractivity contribution in [2.24, 2.45) is 0 Å². The van der Waals surface area contributed by atoms with E-state index in [4.69, 9.17) is 11.6 Å². The van der Waals surface area contributed by atoms with Crippen LogP contribution in [0, 0.1) is 11.3 Å². The second kappa shape index (κ2) is 5.96. The second-order valence-corrected chi connectivity index (χ2v) is 6.09. The summed E-state index contributed by atoms with van der Waals surface area (Å²) in [4.78, 5) is 4.60. The Labute approximate surface area is 145 Å². The van der Waals surface area contributed by atoms with Crippen molar-refractivity contribution in [1.29, 1.82) is 5.26 Å². The molecule has 0 saturated heterocycles. The Hall–Kier alpha value is -2.89. The predicted molar refractivity (Wildman–Crippen MR) is 97.6 cm³/mol. The SMILES string of the molecule is N#Cc1cccc2c1C=Cc1ncc(-c3ccccc3)c(Cl)c1C2. The van der Waals surface area contributed by atoms with Crippen molar-refractivity contribution < 1.29 is 0 Å². The van der Waals surface area contributed by atoms with Crippen molar-refractivity contribution in [2.75, 3.05) is 0 Å². The lowest BCUT2D eigenvalue weighted by Gasteiger charge is -2.12. The number of benzene rings is 2. The third-order valence-electron chi connectivity index (χ3n) is 4.32. The normalized spacial score (nSPS) is 12.0. The van der Waals surface area contributed by atoms with Crippen LogP contribution in [-0.2, 0) is 6.42 Å². The van der Waals surface area contributed by atoms with Crippen LogP contribution in [0.15, 0.2) is 54.7 Å². The molecule has 1 heterocycles. The summed E-state index contributed by atoms with van der Waals surface area (Å²) < 4.78 is 0. The molecule has 0 fully saturated rings.